The maximum atomic E-state index is 6.00. The van der Waals surface area contributed by atoms with Crippen molar-refractivity contribution in [1.82, 2.24) is 10.2 Å². The Bertz CT molecular complexity index is 406. The summed E-state index contributed by atoms with van der Waals surface area (Å²) in [7, 11) is 1.97. The number of hydrogen-bond donors (Lipinski definition) is 1. The van der Waals surface area contributed by atoms with Crippen molar-refractivity contribution in [3.8, 4) is 5.75 Å². The molecule has 0 radical (unpaired) electrons. The van der Waals surface area contributed by atoms with Crippen molar-refractivity contribution in [2.24, 2.45) is 5.92 Å². The number of nitrogens with one attached hydrogen (secondary N) is 1. The third-order valence-corrected chi connectivity index (χ3v) is 4.16. The van der Waals surface area contributed by atoms with Gasteiger partial charge in [-0.15, -0.1) is 0 Å². The monoisotopic (exact) mass is 276 g/mol. The van der Waals surface area contributed by atoms with E-state index in [2.05, 4.69) is 42.3 Å². The summed E-state index contributed by atoms with van der Waals surface area (Å²) in [5.41, 5.74) is 1.23. The Kier molecular flexibility index (Phi) is 5.86. The molecule has 20 heavy (non-hydrogen) atoms. The molecule has 1 unspecified atom stereocenters. The predicted molar refractivity (Wildman–Crippen MR) is 84.1 cm³/mol. The summed E-state index contributed by atoms with van der Waals surface area (Å²) in [5.74, 6) is 1.76. The normalized spacial score (nSPS) is 19.7. The topological polar surface area (TPSA) is 24.5 Å². The van der Waals surface area contributed by atoms with Crippen molar-refractivity contribution in [2.45, 2.75) is 39.3 Å². The maximum absolute atomic E-state index is 6.00. The van der Waals surface area contributed by atoms with Crippen molar-refractivity contribution < 1.29 is 4.74 Å². The predicted octanol–water partition coefficient (Wildman–Crippen LogP) is 2.91. The van der Waals surface area contributed by atoms with Crippen molar-refractivity contribution in [1.29, 1.82) is 0 Å². The number of hydrogen-bond acceptors (Lipinski definition) is 3. The molecule has 2 rings (SSSR count). The lowest BCUT2D eigenvalue weighted by atomic mass is 10.0. The Morgan fingerprint density at radius 3 is 2.90 bits per heavy atom. The number of benzene rings is 1. The molecule has 1 aromatic carbocycles. The summed E-state index contributed by atoms with van der Waals surface area (Å²) in [6.07, 6.45) is 2.67. The zero-order chi connectivity index (χ0) is 14.4. The Balaban J connectivity index is 1.84. The van der Waals surface area contributed by atoms with E-state index >= 15 is 0 Å². The second-order valence-electron chi connectivity index (χ2n) is 5.98. The van der Waals surface area contributed by atoms with Crippen molar-refractivity contribution in [2.75, 3.05) is 26.7 Å². The number of rotatable bonds is 7. The molecule has 3 heteroatoms. The van der Waals surface area contributed by atoms with Crippen LogP contribution >= 0.6 is 0 Å². The van der Waals surface area contributed by atoms with E-state index in [-0.39, 0.29) is 0 Å². The first-order valence-corrected chi connectivity index (χ1v) is 7.81. The van der Waals surface area contributed by atoms with E-state index in [0.29, 0.717) is 0 Å². The van der Waals surface area contributed by atoms with Crippen LogP contribution in [-0.4, -0.2) is 37.7 Å². The summed E-state index contributed by atoms with van der Waals surface area (Å²) in [6.45, 7) is 8.55. The average Bonchev–Trinajstić information content (AvgIpc) is 2.90. The smallest absolute Gasteiger partial charge is 0.123 e. The summed E-state index contributed by atoms with van der Waals surface area (Å²) >= 11 is 0. The lowest BCUT2D eigenvalue weighted by Crippen LogP contribution is -2.36. The third-order valence-electron chi connectivity index (χ3n) is 4.16. The summed E-state index contributed by atoms with van der Waals surface area (Å²) in [5, 5.41) is 3.19. The molecule has 112 valence electrons. The van der Waals surface area contributed by atoms with Gasteiger partial charge in [-0.2, -0.15) is 0 Å². The summed E-state index contributed by atoms with van der Waals surface area (Å²) in [4.78, 5) is 2.59. The van der Waals surface area contributed by atoms with Crippen LogP contribution < -0.4 is 10.1 Å². The SMILES string of the molecule is CNCc1ccccc1OCCN1CCCC1C(C)C. The van der Waals surface area contributed by atoms with Crippen molar-refractivity contribution in [3.63, 3.8) is 0 Å². The minimum atomic E-state index is 0.742. The van der Waals surface area contributed by atoms with E-state index in [9.17, 15) is 0 Å². The number of ether oxygens (including phenoxy) is 1. The van der Waals surface area contributed by atoms with Crippen LogP contribution in [0.1, 0.15) is 32.3 Å². The summed E-state index contributed by atoms with van der Waals surface area (Å²) < 4.78 is 6.00. The molecular formula is C17H28N2O. The molecule has 1 aromatic rings. The number of para-hydroxylation sites is 1. The van der Waals surface area contributed by atoms with Gasteiger partial charge >= 0.3 is 0 Å². The van der Waals surface area contributed by atoms with Gasteiger partial charge in [0.15, 0.2) is 0 Å². The van der Waals surface area contributed by atoms with Gasteiger partial charge < -0.3 is 10.1 Å². The highest BCUT2D eigenvalue weighted by atomic mass is 16.5. The minimum absolute atomic E-state index is 0.742. The average molecular weight is 276 g/mol. The van der Waals surface area contributed by atoms with Gasteiger partial charge in [-0.1, -0.05) is 32.0 Å². The fraction of sp³-hybridized carbons (Fsp3) is 0.647. The van der Waals surface area contributed by atoms with Crippen LogP contribution in [0.2, 0.25) is 0 Å². The van der Waals surface area contributed by atoms with Gasteiger partial charge in [0.2, 0.25) is 0 Å². The molecule has 1 N–H and O–H groups in total. The molecule has 1 fully saturated rings. The first-order valence-electron chi connectivity index (χ1n) is 7.81. The second-order valence-corrected chi connectivity index (χ2v) is 5.98. The second kappa shape index (κ2) is 7.65. The molecular weight excluding hydrogens is 248 g/mol. The van der Waals surface area contributed by atoms with Gasteiger partial charge in [0.1, 0.15) is 12.4 Å². The van der Waals surface area contributed by atoms with Crippen LogP contribution in [0.15, 0.2) is 24.3 Å². The zero-order valence-corrected chi connectivity index (χ0v) is 13.1. The Morgan fingerprint density at radius 2 is 2.15 bits per heavy atom. The van der Waals surface area contributed by atoms with E-state index < -0.39 is 0 Å². The van der Waals surface area contributed by atoms with Gasteiger partial charge in [0, 0.05) is 24.7 Å². The Hall–Kier alpha value is -1.06. The van der Waals surface area contributed by atoms with Crippen LogP contribution in [-0.2, 0) is 6.54 Å². The van der Waals surface area contributed by atoms with Gasteiger partial charge in [-0.05, 0) is 38.4 Å². The fourth-order valence-electron chi connectivity index (χ4n) is 3.14. The molecule has 0 spiro atoms. The standard InChI is InChI=1S/C17H28N2O/c1-14(2)16-8-6-10-19(16)11-12-20-17-9-5-4-7-15(17)13-18-3/h4-5,7,9,14,16,18H,6,8,10-13H2,1-3H3. The molecule has 0 amide bonds. The lowest BCUT2D eigenvalue weighted by Gasteiger charge is -2.27. The quantitative estimate of drug-likeness (QED) is 0.829. The maximum Gasteiger partial charge on any atom is 0.123 e. The number of nitrogens with zero attached hydrogens (tertiary/aromatic N) is 1. The van der Waals surface area contributed by atoms with E-state index in [1.54, 1.807) is 0 Å². The summed E-state index contributed by atoms with van der Waals surface area (Å²) in [6, 6.07) is 9.04. The molecule has 1 saturated heterocycles. The largest absolute Gasteiger partial charge is 0.492 e. The van der Waals surface area contributed by atoms with Crippen LogP contribution in [0.25, 0.3) is 0 Å². The van der Waals surface area contributed by atoms with Crippen LogP contribution in [0, 0.1) is 5.92 Å². The molecule has 0 bridgehead atoms. The van der Waals surface area contributed by atoms with E-state index in [0.717, 1.165) is 37.4 Å². The molecule has 0 aromatic heterocycles. The van der Waals surface area contributed by atoms with Crippen LogP contribution in [0.3, 0.4) is 0 Å². The molecule has 1 heterocycles. The molecule has 3 nitrogen and oxygen atoms in total. The Morgan fingerprint density at radius 1 is 1.35 bits per heavy atom. The molecule has 1 aliphatic rings. The van der Waals surface area contributed by atoms with E-state index in [1.807, 2.05) is 13.1 Å². The molecule has 1 aliphatic heterocycles. The Labute approximate surface area is 123 Å². The first kappa shape index (κ1) is 15.3. The van der Waals surface area contributed by atoms with Gasteiger partial charge in [-0.3, -0.25) is 4.90 Å². The highest BCUT2D eigenvalue weighted by molar-refractivity contribution is 5.33. The minimum Gasteiger partial charge on any atom is -0.492 e. The van der Waals surface area contributed by atoms with Gasteiger partial charge in [0.05, 0.1) is 0 Å². The van der Waals surface area contributed by atoms with Gasteiger partial charge in [0.25, 0.3) is 0 Å². The molecule has 1 atom stereocenters. The fourth-order valence-corrected chi connectivity index (χ4v) is 3.14. The van der Waals surface area contributed by atoms with E-state index in [1.165, 1.54) is 24.9 Å². The van der Waals surface area contributed by atoms with Crippen molar-refractivity contribution in [3.05, 3.63) is 29.8 Å². The van der Waals surface area contributed by atoms with E-state index in [4.69, 9.17) is 4.74 Å². The molecule has 0 aliphatic carbocycles. The van der Waals surface area contributed by atoms with Crippen molar-refractivity contribution >= 4 is 0 Å². The van der Waals surface area contributed by atoms with Crippen LogP contribution in [0.4, 0.5) is 0 Å². The highest BCUT2D eigenvalue weighted by Gasteiger charge is 2.26. The first-order chi connectivity index (χ1) is 9.72. The third kappa shape index (κ3) is 3.97. The van der Waals surface area contributed by atoms with Gasteiger partial charge in [-0.25, -0.2) is 0 Å². The highest BCUT2D eigenvalue weighted by Crippen LogP contribution is 2.23. The zero-order valence-electron chi connectivity index (χ0n) is 13.1. The number of likely N-dealkylation sites (tertiary alicyclic amines) is 1. The lowest BCUT2D eigenvalue weighted by molar-refractivity contribution is 0.168. The van der Waals surface area contributed by atoms with Crippen LogP contribution in [0.5, 0.6) is 5.75 Å². The molecule has 0 saturated carbocycles.